The maximum atomic E-state index is 10.6. The molecule has 1 atom stereocenters. The van der Waals surface area contributed by atoms with Crippen LogP contribution in [0.15, 0.2) is 49.1 Å². The number of alkyl halides is 3. The molecule has 0 saturated carbocycles. The summed E-state index contributed by atoms with van der Waals surface area (Å²) in [6.07, 6.45) is 3.52. The molecular formula is C21H22F3N5O2. The van der Waals surface area contributed by atoms with Gasteiger partial charge in [-0.1, -0.05) is 12.1 Å². The van der Waals surface area contributed by atoms with Gasteiger partial charge < -0.3 is 15.3 Å². The number of halogens is 3. The quantitative estimate of drug-likeness (QED) is 0.652. The zero-order valence-electron chi connectivity index (χ0n) is 16.8. The number of carbonyl (C=O) groups is 1. The number of aliphatic carboxylic acids is 1. The van der Waals surface area contributed by atoms with Gasteiger partial charge >= 0.3 is 12.1 Å². The van der Waals surface area contributed by atoms with Gasteiger partial charge in [0.15, 0.2) is 0 Å². The second-order valence-corrected chi connectivity index (χ2v) is 7.24. The molecule has 2 aromatic heterocycles. The molecule has 0 aliphatic carbocycles. The maximum Gasteiger partial charge on any atom is 0.490 e. The third kappa shape index (κ3) is 6.11. The minimum atomic E-state index is -5.08. The van der Waals surface area contributed by atoms with Crippen LogP contribution in [0.25, 0.3) is 22.0 Å². The summed E-state index contributed by atoms with van der Waals surface area (Å²) in [4.78, 5) is 24.5. The van der Waals surface area contributed by atoms with Crippen LogP contribution in [0, 0.1) is 5.92 Å². The number of hydrogen-bond acceptors (Lipinski definition) is 6. The normalized spacial score (nSPS) is 15.9. The second-order valence-electron chi connectivity index (χ2n) is 7.24. The topological polar surface area (TPSA) is 91.2 Å². The van der Waals surface area contributed by atoms with E-state index >= 15 is 0 Å². The Kier molecular flexibility index (Phi) is 7.01. The standard InChI is InChI=1S/C19H21N5.C2HF3O2/c1-24(13-14-4-6-20-9-14)19-12-22-11-18(23-19)16-2-3-17-10-21-7-5-15(17)8-16;3-2(4,5)1(6)7/h2-3,5,7-8,10-12,14,20H,4,6,9,13H2,1H3;(H,6,7). The zero-order valence-corrected chi connectivity index (χ0v) is 16.8. The van der Waals surface area contributed by atoms with E-state index in [1.165, 1.54) is 11.8 Å². The van der Waals surface area contributed by atoms with Gasteiger partial charge in [-0.15, -0.1) is 0 Å². The maximum absolute atomic E-state index is 10.6. The van der Waals surface area contributed by atoms with Gasteiger partial charge in [-0.3, -0.25) is 9.97 Å². The average molecular weight is 433 g/mol. The molecular weight excluding hydrogens is 411 g/mol. The lowest BCUT2D eigenvalue weighted by Gasteiger charge is -2.21. The van der Waals surface area contributed by atoms with E-state index in [0.717, 1.165) is 42.1 Å². The molecule has 10 heteroatoms. The molecule has 1 aliphatic rings. The van der Waals surface area contributed by atoms with E-state index in [-0.39, 0.29) is 0 Å². The van der Waals surface area contributed by atoms with Crippen LogP contribution < -0.4 is 10.2 Å². The SMILES string of the molecule is CN(CC1CCNC1)c1cncc(-c2ccc3cnccc3c2)n1.O=C(O)C(F)(F)F. The first kappa shape index (κ1) is 22.4. The number of nitrogens with zero attached hydrogens (tertiary/aromatic N) is 4. The highest BCUT2D eigenvalue weighted by Crippen LogP contribution is 2.24. The minimum Gasteiger partial charge on any atom is -0.475 e. The number of benzene rings is 1. The summed E-state index contributed by atoms with van der Waals surface area (Å²) in [7, 11) is 2.10. The second kappa shape index (κ2) is 9.69. The fourth-order valence-corrected chi connectivity index (χ4v) is 3.27. The van der Waals surface area contributed by atoms with Crippen molar-refractivity contribution in [2.24, 2.45) is 5.92 Å². The molecule has 0 radical (unpaired) electrons. The lowest BCUT2D eigenvalue weighted by Crippen LogP contribution is -2.27. The summed E-state index contributed by atoms with van der Waals surface area (Å²) in [5.41, 5.74) is 1.99. The highest BCUT2D eigenvalue weighted by atomic mass is 19.4. The molecule has 7 nitrogen and oxygen atoms in total. The molecule has 1 unspecified atom stereocenters. The van der Waals surface area contributed by atoms with Crippen molar-refractivity contribution in [2.45, 2.75) is 12.6 Å². The Bertz CT molecular complexity index is 1040. The van der Waals surface area contributed by atoms with Gasteiger partial charge in [-0.25, -0.2) is 9.78 Å². The first-order valence-electron chi connectivity index (χ1n) is 9.62. The van der Waals surface area contributed by atoms with Crippen LogP contribution in [0.2, 0.25) is 0 Å². The van der Waals surface area contributed by atoms with Crippen LogP contribution in [-0.2, 0) is 4.79 Å². The molecule has 31 heavy (non-hydrogen) atoms. The molecule has 1 aliphatic heterocycles. The van der Waals surface area contributed by atoms with E-state index in [2.05, 4.69) is 45.4 Å². The van der Waals surface area contributed by atoms with Crippen LogP contribution >= 0.6 is 0 Å². The molecule has 4 rings (SSSR count). The average Bonchev–Trinajstić information content (AvgIpc) is 3.26. The third-order valence-electron chi connectivity index (χ3n) is 4.89. The van der Waals surface area contributed by atoms with Crippen LogP contribution in [0.4, 0.5) is 19.0 Å². The fourth-order valence-electron chi connectivity index (χ4n) is 3.27. The van der Waals surface area contributed by atoms with E-state index < -0.39 is 12.1 Å². The summed E-state index contributed by atoms with van der Waals surface area (Å²) < 4.78 is 31.7. The first-order valence-corrected chi connectivity index (χ1v) is 9.62. The summed E-state index contributed by atoms with van der Waals surface area (Å²) in [6, 6.07) is 8.33. The van der Waals surface area contributed by atoms with Gasteiger partial charge in [-0.2, -0.15) is 13.2 Å². The summed E-state index contributed by atoms with van der Waals surface area (Å²) >= 11 is 0. The number of anilines is 1. The predicted molar refractivity (Wildman–Crippen MR) is 111 cm³/mol. The Morgan fingerprint density at radius 2 is 1.97 bits per heavy atom. The molecule has 1 aromatic carbocycles. The Labute approximate surface area is 177 Å². The van der Waals surface area contributed by atoms with Crippen molar-refractivity contribution in [2.75, 3.05) is 31.6 Å². The molecule has 2 N–H and O–H groups in total. The molecule has 3 aromatic rings. The van der Waals surface area contributed by atoms with Gasteiger partial charge in [0.05, 0.1) is 18.1 Å². The highest BCUT2D eigenvalue weighted by Gasteiger charge is 2.38. The molecule has 164 valence electrons. The monoisotopic (exact) mass is 433 g/mol. The summed E-state index contributed by atoms with van der Waals surface area (Å²) in [5, 5.41) is 12.8. The van der Waals surface area contributed by atoms with E-state index in [1.807, 2.05) is 30.9 Å². The highest BCUT2D eigenvalue weighted by molar-refractivity contribution is 5.86. The van der Waals surface area contributed by atoms with Gasteiger partial charge in [0, 0.05) is 36.9 Å². The van der Waals surface area contributed by atoms with Crippen molar-refractivity contribution in [3.8, 4) is 11.3 Å². The summed E-state index contributed by atoms with van der Waals surface area (Å²) in [5.74, 6) is -1.14. The van der Waals surface area contributed by atoms with E-state index in [9.17, 15) is 13.2 Å². The number of nitrogens with one attached hydrogen (secondary N) is 1. The first-order chi connectivity index (χ1) is 14.7. The molecule has 0 bridgehead atoms. The number of carboxylic acids is 1. The molecule has 1 saturated heterocycles. The molecule has 1 fully saturated rings. The number of fused-ring (bicyclic) bond motifs is 1. The number of aromatic nitrogens is 3. The number of pyridine rings is 1. The van der Waals surface area contributed by atoms with Crippen molar-refractivity contribution in [1.29, 1.82) is 0 Å². The van der Waals surface area contributed by atoms with E-state index in [0.29, 0.717) is 5.92 Å². The fraction of sp³-hybridized carbons (Fsp3) is 0.333. The van der Waals surface area contributed by atoms with Crippen LogP contribution in [0.5, 0.6) is 0 Å². The molecule has 0 amide bonds. The number of hydrogen-bond donors (Lipinski definition) is 2. The zero-order chi connectivity index (χ0) is 22.4. The lowest BCUT2D eigenvalue weighted by molar-refractivity contribution is -0.192. The van der Waals surface area contributed by atoms with Crippen LogP contribution in [0.1, 0.15) is 6.42 Å². The van der Waals surface area contributed by atoms with Crippen molar-refractivity contribution >= 4 is 22.6 Å². The van der Waals surface area contributed by atoms with Crippen LogP contribution in [0.3, 0.4) is 0 Å². The van der Waals surface area contributed by atoms with Crippen molar-refractivity contribution in [1.82, 2.24) is 20.3 Å². The minimum absolute atomic E-state index is 0.689. The Balaban J connectivity index is 0.000000339. The predicted octanol–water partition coefficient (Wildman–Crippen LogP) is 3.37. The van der Waals surface area contributed by atoms with Gasteiger partial charge in [0.2, 0.25) is 0 Å². The van der Waals surface area contributed by atoms with E-state index in [1.54, 1.807) is 0 Å². The molecule has 3 heterocycles. The van der Waals surface area contributed by atoms with Crippen molar-refractivity contribution in [3.05, 3.63) is 49.1 Å². The van der Waals surface area contributed by atoms with Gasteiger partial charge in [0.25, 0.3) is 0 Å². The van der Waals surface area contributed by atoms with Crippen LogP contribution in [-0.4, -0.2) is 58.9 Å². The van der Waals surface area contributed by atoms with E-state index in [4.69, 9.17) is 14.9 Å². The van der Waals surface area contributed by atoms with Gasteiger partial charge in [0.1, 0.15) is 5.82 Å². The molecule has 0 spiro atoms. The van der Waals surface area contributed by atoms with Crippen molar-refractivity contribution in [3.63, 3.8) is 0 Å². The lowest BCUT2D eigenvalue weighted by atomic mass is 10.1. The smallest absolute Gasteiger partial charge is 0.475 e. The largest absolute Gasteiger partial charge is 0.490 e. The van der Waals surface area contributed by atoms with Gasteiger partial charge in [-0.05, 0) is 42.9 Å². The summed E-state index contributed by atoms with van der Waals surface area (Å²) in [6.45, 7) is 3.22. The Hall–Kier alpha value is -3.27. The Morgan fingerprint density at radius 3 is 2.65 bits per heavy atom. The number of carboxylic acid groups (broad SMARTS) is 1. The van der Waals surface area contributed by atoms with Crippen molar-refractivity contribution < 1.29 is 23.1 Å². The Morgan fingerprint density at radius 1 is 1.19 bits per heavy atom. The third-order valence-corrected chi connectivity index (χ3v) is 4.89. The number of rotatable bonds is 4.